The number of methoxy groups -OCH3 is 1. The van der Waals surface area contributed by atoms with E-state index < -0.39 is 0 Å². The van der Waals surface area contributed by atoms with Crippen molar-refractivity contribution in [2.45, 2.75) is 20.8 Å². The Morgan fingerprint density at radius 2 is 2.00 bits per heavy atom. The number of carbonyl (C=O) groups is 1. The molecule has 0 aliphatic heterocycles. The van der Waals surface area contributed by atoms with Gasteiger partial charge in [0.25, 0.3) is 0 Å². The number of benzene rings is 1. The van der Waals surface area contributed by atoms with Gasteiger partial charge in [-0.2, -0.15) is 5.10 Å². The highest BCUT2D eigenvalue weighted by Crippen LogP contribution is 2.19. The largest absolute Gasteiger partial charge is 0.497 e. The Bertz CT molecular complexity index is 684. The second-order valence-electron chi connectivity index (χ2n) is 4.84. The topological polar surface area (TPSA) is 53.3 Å². The Morgan fingerprint density at radius 1 is 1.32 bits per heavy atom. The number of ether oxygens (including phenoxy) is 2. The predicted octanol–water partition coefficient (Wildman–Crippen LogP) is 3.16. The molecule has 1 aromatic heterocycles. The van der Waals surface area contributed by atoms with Crippen molar-refractivity contribution >= 4 is 12.0 Å². The summed E-state index contributed by atoms with van der Waals surface area (Å²) in [5.74, 6) is 0.492. The van der Waals surface area contributed by atoms with Gasteiger partial charge in [-0.25, -0.2) is 9.48 Å². The van der Waals surface area contributed by atoms with Gasteiger partial charge in [-0.3, -0.25) is 0 Å². The molecule has 5 heteroatoms. The van der Waals surface area contributed by atoms with E-state index in [0.717, 1.165) is 22.7 Å². The number of hydrogen-bond donors (Lipinski definition) is 0. The maximum Gasteiger partial charge on any atom is 0.333 e. The Morgan fingerprint density at radius 3 is 2.59 bits per heavy atom. The summed E-state index contributed by atoms with van der Waals surface area (Å²) in [5, 5.41) is 4.38. The van der Waals surface area contributed by atoms with Crippen LogP contribution in [-0.4, -0.2) is 29.5 Å². The fourth-order valence-electron chi connectivity index (χ4n) is 2.08. The third-order valence-corrected chi connectivity index (χ3v) is 3.33. The minimum atomic E-state index is -0.306. The maximum absolute atomic E-state index is 11.7. The average Bonchev–Trinajstić information content (AvgIpc) is 2.88. The molecule has 1 heterocycles. The first kappa shape index (κ1) is 15.8. The molecule has 0 radical (unpaired) electrons. The maximum atomic E-state index is 11.7. The van der Waals surface area contributed by atoms with E-state index in [1.807, 2.05) is 35.9 Å². The zero-order valence-electron chi connectivity index (χ0n) is 13.3. The van der Waals surface area contributed by atoms with Crippen molar-refractivity contribution in [3.8, 4) is 11.4 Å². The molecule has 116 valence electrons. The van der Waals surface area contributed by atoms with Crippen LogP contribution in [0.5, 0.6) is 5.75 Å². The number of esters is 1. The Labute approximate surface area is 130 Å². The lowest BCUT2D eigenvalue weighted by atomic mass is 10.1. The molecule has 0 aliphatic rings. The number of nitrogens with zero attached hydrogens (tertiary/aromatic N) is 2. The quantitative estimate of drug-likeness (QED) is 0.629. The molecule has 0 fully saturated rings. The van der Waals surface area contributed by atoms with Crippen molar-refractivity contribution in [2.24, 2.45) is 0 Å². The lowest BCUT2D eigenvalue weighted by Crippen LogP contribution is -2.05. The monoisotopic (exact) mass is 300 g/mol. The van der Waals surface area contributed by atoms with Gasteiger partial charge in [0, 0.05) is 16.8 Å². The van der Waals surface area contributed by atoms with Gasteiger partial charge in [0.15, 0.2) is 0 Å². The third kappa shape index (κ3) is 3.36. The van der Waals surface area contributed by atoms with Crippen LogP contribution in [-0.2, 0) is 9.53 Å². The highest BCUT2D eigenvalue weighted by molar-refractivity contribution is 5.93. The molecule has 0 unspecified atom stereocenters. The van der Waals surface area contributed by atoms with Crippen LogP contribution in [0.1, 0.15) is 25.1 Å². The zero-order valence-corrected chi connectivity index (χ0v) is 13.3. The number of carbonyl (C=O) groups excluding carboxylic acids is 1. The van der Waals surface area contributed by atoms with Gasteiger partial charge >= 0.3 is 5.97 Å². The lowest BCUT2D eigenvalue weighted by Gasteiger charge is -2.06. The van der Waals surface area contributed by atoms with Gasteiger partial charge in [-0.05, 0) is 51.1 Å². The molecule has 0 atom stereocenters. The van der Waals surface area contributed by atoms with Crippen LogP contribution < -0.4 is 4.74 Å². The van der Waals surface area contributed by atoms with Crippen molar-refractivity contribution in [1.29, 1.82) is 0 Å². The Hall–Kier alpha value is -2.56. The second kappa shape index (κ2) is 6.93. The van der Waals surface area contributed by atoms with E-state index in [4.69, 9.17) is 9.47 Å². The first-order chi connectivity index (χ1) is 10.6. The minimum Gasteiger partial charge on any atom is -0.497 e. The molecule has 1 aromatic carbocycles. The molecule has 0 spiro atoms. The fraction of sp³-hybridized carbons (Fsp3) is 0.294. The van der Waals surface area contributed by atoms with Crippen molar-refractivity contribution < 1.29 is 14.3 Å². The summed E-state index contributed by atoms with van der Waals surface area (Å²) in [6.45, 7) is 5.86. The number of hydrogen-bond acceptors (Lipinski definition) is 4. The van der Waals surface area contributed by atoms with E-state index in [1.54, 1.807) is 33.2 Å². The molecule has 2 rings (SSSR count). The minimum absolute atomic E-state index is 0.306. The molecule has 0 N–H and O–H groups in total. The van der Waals surface area contributed by atoms with Gasteiger partial charge < -0.3 is 9.47 Å². The summed E-state index contributed by atoms with van der Waals surface area (Å²) < 4.78 is 12.0. The molecule has 0 bridgehead atoms. The molecule has 0 aliphatic carbocycles. The van der Waals surface area contributed by atoms with Crippen LogP contribution in [0.4, 0.5) is 0 Å². The van der Waals surface area contributed by atoms with Crippen LogP contribution >= 0.6 is 0 Å². The van der Waals surface area contributed by atoms with E-state index in [9.17, 15) is 4.79 Å². The summed E-state index contributed by atoms with van der Waals surface area (Å²) in [6.07, 6.45) is 3.53. The standard InChI is InChI=1S/C17H20N2O3/c1-5-22-17(20)12(2)10-14-11-18-19(13(14)3)15-6-8-16(21-4)9-7-15/h6-11H,5H2,1-4H3. The fourth-order valence-corrected chi connectivity index (χ4v) is 2.08. The highest BCUT2D eigenvalue weighted by Gasteiger charge is 2.10. The van der Waals surface area contributed by atoms with Crippen molar-refractivity contribution in [3.05, 3.63) is 47.3 Å². The van der Waals surface area contributed by atoms with Crippen LogP contribution in [0.2, 0.25) is 0 Å². The summed E-state index contributed by atoms with van der Waals surface area (Å²) >= 11 is 0. The number of aromatic nitrogens is 2. The van der Waals surface area contributed by atoms with E-state index in [-0.39, 0.29) is 5.97 Å². The van der Waals surface area contributed by atoms with Gasteiger partial charge in [-0.1, -0.05) is 0 Å². The summed E-state index contributed by atoms with van der Waals surface area (Å²) in [4.78, 5) is 11.7. The van der Waals surface area contributed by atoms with E-state index in [0.29, 0.717) is 12.2 Å². The van der Waals surface area contributed by atoms with Crippen LogP contribution in [0, 0.1) is 6.92 Å². The molecule has 0 saturated carbocycles. The molecular formula is C17H20N2O3. The second-order valence-corrected chi connectivity index (χ2v) is 4.84. The van der Waals surface area contributed by atoms with Crippen molar-refractivity contribution in [2.75, 3.05) is 13.7 Å². The normalized spacial score (nSPS) is 11.4. The highest BCUT2D eigenvalue weighted by atomic mass is 16.5. The Balaban J connectivity index is 2.29. The molecule has 2 aromatic rings. The summed E-state index contributed by atoms with van der Waals surface area (Å²) in [7, 11) is 1.63. The first-order valence-electron chi connectivity index (χ1n) is 7.11. The molecule has 22 heavy (non-hydrogen) atoms. The smallest absolute Gasteiger partial charge is 0.333 e. The molecule has 0 saturated heterocycles. The van der Waals surface area contributed by atoms with Gasteiger partial charge in [0.05, 0.1) is 25.6 Å². The van der Waals surface area contributed by atoms with Crippen LogP contribution in [0.15, 0.2) is 36.0 Å². The lowest BCUT2D eigenvalue weighted by molar-refractivity contribution is -0.138. The van der Waals surface area contributed by atoms with Gasteiger partial charge in [0.1, 0.15) is 5.75 Å². The van der Waals surface area contributed by atoms with E-state index in [2.05, 4.69) is 5.10 Å². The summed E-state index contributed by atoms with van der Waals surface area (Å²) in [6, 6.07) is 7.64. The van der Waals surface area contributed by atoms with Crippen molar-refractivity contribution in [3.63, 3.8) is 0 Å². The summed E-state index contributed by atoms with van der Waals surface area (Å²) in [5.41, 5.74) is 3.33. The van der Waals surface area contributed by atoms with Crippen LogP contribution in [0.25, 0.3) is 11.8 Å². The third-order valence-electron chi connectivity index (χ3n) is 3.33. The van der Waals surface area contributed by atoms with Crippen LogP contribution in [0.3, 0.4) is 0 Å². The molecular weight excluding hydrogens is 280 g/mol. The SMILES string of the molecule is CCOC(=O)C(C)=Cc1cnn(-c2ccc(OC)cc2)c1C. The van der Waals surface area contributed by atoms with E-state index >= 15 is 0 Å². The molecule has 0 amide bonds. The van der Waals surface area contributed by atoms with E-state index in [1.165, 1.54) is 0 Å². The average molecular weight is 300 g/mol. The Kier molecular flexibility index (Phi) is 4.99. The van der Waals surface area contributed by atoms with Crippen molar-refractivity contribution in [1.82, 2.24) is 9.78 Å². The first-order valence-corrected chi connectivity index (χ1v) is 7.11. The van der Waals surface area contributed by atoms with Gasteiger partial charge in [-0.15, -0.1) is 0 Å². The number of rotatable bonds is 5. The molecule has 5 nitrogen and oxygen atoms in total. The predicted molar refractivity (Wildman–Crippen MR) is 85.1 cm³/mol. The zero-order chi connectivity index (χ0) is 16.1. The van der Waals surface area contributed by atoms with Gasteiger partial charge in [0.2, 0.25) is 0 Å².